The smallest absolute Gasteiger partial charge is 0.404 e. The molecule has 0 aromatic rings. The summed E-state index contributed by atoms with van der Waals surface area (Å²) in [5.74, 6) is -2.56. The molecule has 12 heteroatoms. The standard InChI is InChI=1S/C10H17N7O5/c11-6-14-5-4(3-22-8(13)18)17(21)7(12)16-2-1-9(19,20)10(5,16)15-6/h4-5,19-20H,1-3,12H2,(H2,13,18)(H3,11,14,15)/t4-,5-,10?/m0/s1. The first-order valence-electron chi connectivity index (χ1n) is 6.55. The van der Waals surface area contributed by atoms with E-state index in [4.69, 9.17) is 17.2 Å². The van der Waals surface area contributed by atoms with Crippen molar-refractivity contribution < 1.29 is 24.5 Å². The van der Waals surface area contributed by atoms with Crippen molar-refractivity contribution in [1.82, 2.24) is 10.2 Å². The summed E-state index contributed by atoms with van der Waals surface area (Å²) >= 11 is 0. The predicted octanol–water partition coefficient (Wildman–Crippen LogP) is -4.34. The first-order valence-corrected chi connectivity index (χ1v) is 6.55. The number of rotatable bonds is 2. The molecule has 12 nitrogen and oxygen atoms in total. The fourth-order valence-corrected chi connectivity index (χ4v) is 3.36. The van der Waals surface area contributed by atoms with Crippen LogP contribution in [0, 0.1) is 5.21 Å². The highest BCUT2D eigenvalue weighted by atomic mass is 16.6. The molecule has 1 amide bonds. The second-order valence-corrected chi connectivity index (χ2v) is 5.45. The molecule has 3 aliphatic heterocycles. The van der Waals surface area contributed by atoms with E-state index in [1.54, 1.807) is 0 Å². The minimum Gasteiger partial charge on any atom is -0.744 e. The first kappa shape index (κ1) is 14.5. The van der Waals surface area contributed by atoms with Crippen molar-refractivity contribution in [2.75, 3.05) is 13.2 Å². The van der Waals surface area contributed by atoms with E-state index in [2.05, 4.69) is 15.0 Å². The molecule has 22 heavy (non-hydrogen) atoms. The molecule has 0 aliphatic carbocycles. The van der Waals surface area contributed by atoms with Gasteiger partial charge in [-0.05, 0) is 0 Å². The Kier molecular flexibility index (Phi) is 2.81. The van der Waals surface area contributed by atoms with Crippen LogP contribution in [0.2, 0.25) is 0 Å². The highest BCUT2D eigenvalue weighted by Gasteiger charge is 2.73. The van der Waals surface area contributed by atoms with E-state index in [1.807, 2.05) is 0 Å². The average Bonchev–Trinajstić information content (AvgIpc) is 2.89. The highest BCUT2D eigenvalue weighted by molar-refractivity contribution is 5.85. The molecule has 3 atom stereocenters. The Morgan fingerprint density at radius 1 is 1.59 bits per heavy atom. The Morgan fingerprint density at radius 3 is 2.91 bits per heavy atom. The van der Waals surface area contributed by atoms with Crippen molar-refractivity contribution in [3.05, 3.63) is 5.21 Å². The third kappa shape index (κ3) is 1.61. The molecule has 1 spiro atoms. The summed E-state index contributed by atoms with van der Waals surface area (Å²) in [6, 6.07) is -2.12. The van der Waals surface area contributed by atoms with Gasteiger partial charge in [0.25, 0.3) is 0 Å². The molecule has 0 radical (unpaired) electrons. The maximum absolute atomic E-state index is 12.3. The molecule has 1 fully saturated rings. The third-order valence-corrected chi connectivity index (χ3v) is 4.31. The van der Waals surface area contributed by atoms with E-state index >= 15 is 0 Å². The van der Waals surface area contributed by atoms with Gasteiger partial charge in [0.05, 0.1) is 6.54 Å². The number of carbonyl (C=O) groups excluding carboxylic acids is 1. The van der Waals surface area contributed by atoms with Crippen molar-refractivity contribution >= 4 is 18.0 Å². The molecule has 9 N–H and O–H groups in total. The summed E-state index contributed by atoms with van der Waals surface area (Å²) in [5, 5.41) is 35.8. The molecule has 1 unspecified atom stereocenters. The summed E-state index contributed by atoms with van der Waals surface area (Å²) in [4.78, 5) is 16.2. The van der Waals surface area contributed by atoms with E-state index in [0.717, 1.165) is 0 Å². The van der Waals surface area contributed by atoms with Gasteiger partial charge in [0.2, 0.25) is 11.4 Å². The fourth-order valence-electron chi connectivity index (χ4n) is 3.36. The largest absolute Gasteiger partial charge is 0.744 e. The number of nitrogens with one attached hydrogen (secondary N) is 1. The number of nitrogens with two attached hydrogens (primary N) is 3. The highest BCUT2D eigenvalue weighted by Crippen LogP contribution is 2.44. The average molecular weight is 315 g/mol. The second kappa shape index (κ2) is 4.27. The van der Waals surface area contributed by atoms with Gasteiger partial charge in [-0.15, -0.1) is 0 Å². The van der Waals surface area contributed by atoms with E-state index in [0.29, 0.717) is 4.74 Å². The number of aliphatic hydroxyl groups is 2. The number of hydroxylamine groups is 1. The maximum Gasteiger partial charge on any atom is 0.404 e. The van der Waals surface area contributed by atoms with Gasteiger partial charge in [0, 0.05) is 6.42 Å². The molecule has 0 aromatic carbocycles. The van der Waals surface area contributed by atoms with E-state index < -0.39 is 36.2 Å². The number of guanidine groups is 2. The number of primary amides is 1. The van der Waals surface area contributed by atoms with Crippen LogP contribution in [-0.2, 0) is 4.74 Å². The second-order valence-electron chi connectivity index (χ2n) is 5.45. The number of amides is 1. The van der Waals surface area contributed by atoms with Crippen LogP contribution in [0.4, 0.5) is 4.79 Å². The van der Waals surface area contributed by atoms with Crippen LogP contribution in [-0.4, -0.2) is 74.5 Å². The summed E-state index contributed by atoms with van der Waals surface area (Å²) in [6.07, 6.45) is -1.14. The minimum absolute atomic E-state index is 0.0722. The number of hydrogen-bond donors (Lipinski definition) is 6. The Labute approximate surface area is 124 Å². The summed E-state index contributed by atoms with van der Waals surface area (Å²) in [6.45, 7) is -0.304. The number of nitrogens with zero attached hydrogens (tertiary/aromatic N) is 3. The summed E-state index contributed by atoms with van der Waals surface area (Å²) in [5.41, 5.74) is 14.8. The van der Waals surface area contributed by atoms with Crippen molar-refractivity contribution in [3.63, 3.8) is 0 Å². The Hall–Kier alpha value is -2.47. The Bertz CT molecular complexity index is 590. The molecule has 0 bridgehead atoms. The van der Waals surface area contributed by atoms with E-state index in [9.17, 15) is 20.2 Å². The van der Waals surface area contributed by atoms with E-state index in [1.165, 1.54) is 4.90 Å². The van der Waals surface area contributed by atoms with Crippen LogP contribution in [0.1, 0.15) is 6.42 Å². The van der Waals surface area contributed by atoms with Crippen LogP contribution < -0.4 is 22.5 Å². The normalized spacial score (nSPS) is 35.5. The van der Waals surface area contributed by atoms with Crippen LogP contribution >= 0.6 is 0 Å². The van der Waals surface area contributed by atoms with Crippen LogP contribution in [0.15, 0.2) is 4.99 Å². The fraction of sp³-hybridized carbons (Fsp3) is 0.700. The molecule has 0 aromatic heterocycles. The zero-order valence-electron chi connectivity index (χ0n) is 11.5. The predicted molar refractivity (Wildman–Crippen MR) is 71.9 cm³/mol. The molecule has 3 rings (SSSR count). The molecular weight excluding hydrogens is 298 g/mol. The number of carbonyl (C=O) groups is 1. The number of hydrogen-bond acceptors (Lipinski definition) is 10. The molecular formula is C10H17N7O5. The van der Waals surface area contributed by atoms with Gasteiger partial charge < -0.3 is 36.9 Å². The van der Waals surface area contributed by atoms with Crippen molar-refractivity contribution in [3.8, 4) is 0 Å². The van der Waals surface area contributed by atoms with Crippen molar-refractivity contribution in [2.24, 2.45) is 22.2 Å². The van der Waals surface area contributed by atoms with Gasteiger partial charge in [0.15, 0.2) is 12.0 Å². The molecule has 122 valence electrons. The van der Waals surface area contributed by atoms with Gasteiger partial charge in [-0.2, -0.15) is 0 Å². The van der Waals surface area contributed by atoms with Crippen molar-refractivity contribution in [1.29, 1.82) is 0 Å². The lowest BCUT2D eigenvalue weighted by Gasteiger charge is -2.47. The van der Waals surface area contributed by atoms with Crippen molar-refractivity contribution in [2.45, 2.75) is 30.0 Å². The summed E-state index contributed by atoms with van der Waals surface area (Å²) < 4.78 is 5.08. The topological polar surface area (TPSA) is 199 Å². The van der Waals surface area contributed by atoms with Crippen LogP contribution in [0.5, 0.6) is 0 Å². The van der Waals surface area contributed by atoms with Gasteiger partial charge in [-0.1, -0.05) is 0 Å². The first-order chi connectivity index (χ1) is 10.2. The SMILES string of the molecule is NC(=O)OC[C@H]1[C@@H]2N=C(N)NC23N(CCC3(O)O)C(N)=[N+]1[O-]. The maximum atomic E-state index is 12.3. The summed E-state index contributed by atoms with van der Waals surface area (Å²) in [7, 11) is 0. The zero-order chi connectivity index (χ0) is 16.3. The van der Waals surface area contributed by atoms with Gasteiger partial charge in [0.1, 0.15) is 12.6 Å². The van der Waals surface area contributed by atoms with Gasteiger partial charge >= 0.3 is 12.1 Å². The number of aliphatic imine (C=N–C) groups is 1. The van der Waals surface area contributed by atoms with Crippen LogP contribution in [0.25, 0.3) is 0 Å². The zero-order valence-corrected chi connectivity index (χ0v) is 11.5. The minimum atomic E-state index is -2.24. The molecule has 0 saturated carbocycles. The lowest BCUT2D eigenvalue weighted by molar-refractivity contribution is -0.529. The third-order valence-electron chi connectivity index (χ3n) is 4.31. The van der Waals surface area contributed by atoms with Gasteiger partial charge in [-0.3, -0.25) is 10.5 Å². The molecule has 3 aliphatic rings. The van der Waals surface area contributed by atoms with Gasteiger partial charge in [-0.25, -0.2) is 14.7 Å². The van der Waals surface area contributed by atoms with E-state index in [-0.39, 0.29) is 24.9 Å². The molecule has 1 saturated heterocycles. The molecule has 3 heterocycles. The van der Waals surface area contributed by atoms with Crippen LogP contribution in [0.3, 0.4) is 0 Å². The Morgan fingerprint density at radius 2 is 2.27 bits per heavy atom. The lowest BCUT2D eigenvalue weighted by atomic mass is 9.86. The lowest BCUT2D eigenvalue weighted by Crippen LogP contribution is -2.79. The quantitative estimate of drug-likeness (QED) is 0.165. The number of ether oxygens (including phenoxy) is 1. The monoisotopic (exact) mass is 315 g/mol. The Balaban J connectivity index is 2.08.